The van der Waals surface area contributed by atoms with Gasteiger partial charge in [0.05, 0.1) is 6.42 Å². The first-order valence-electron chi connectivity index (χ1n) is 6.10. The highest BCUT2D eigenvalue weighted by molar-refractivity contribution is 9.10. The second-order valence-electron chi connectivity index (χ2n) is 4.39. The summed E-state index contributed by atoms with van der Waals surface area (Å²) in [5.41, 5.74) is 3.09. The molecule has 2 aromatic rings. The zero-order valence-electron chi connectivity index (χ0n) is 10.7. The van der Waals surface area contributed by atoms with Crippen LogP contribution in [0.3, 0.4) is 0 Å². The molecule has 0 aliphatic heterocycles. The molecule has 2 aromatic carbocycles. The lowest BCUT2D eigenvalue weighted by molar-refractivity contribution is -0.144. The van der Waals surface area contributed by atoms with Gasteiger partial charge in [0, 0.05) is 4.47 Å². The molecule has 0 amide bonds. The Morgan fingerprint density at radius 3 is 2.63 bits per heavy atom. The zero-order chi connectivity index (χ0) is 13.7. The molecule has 19 heavy (non-hydrogen) atoms. The van der Waals surface area contributed by atoms with Crippen LogP contribution in [-0.2, 0) is 22.6 Å². The molecule has 0 fully saturated rings. The van der Waals surface area contributed by atoms with E-state index in [0.717, 1.165) is 21.2 Å². The van der Waals surface area contributed by atoms with Gasteiger partial charge in [-0.3, -0.25) is 4.79 Å². The van der Waals surface area contributed by atoms with Crippen LogP contribution in [0.1, 0.15) is 16.7 Å². The Labute approximate surface area is 121 Å². The highest BCUT2D eigenvalue weighted by atomic mass is 79.9. The molecule has 0 aromatic heterocycles. The summed E-state index contributed by atoms with van der Waals surface area (Å²) in [6, 6.07) is 15.6. The third kappa shape index (κ3) is 4.21. The van der Waals surface area contributed by atoms with Crippen LogP contribution in [0.2, 0.25) is 0 Å². The fraction of sp³-hybridized carbons (Fsp3) is 0.188. The van der Waals surface area contributed by atoms with E-state index < -0.39 is 0 Å². The van der Waals surface area contributed by atoms with E-state index in [9.17, 15) is 4.79 Å². The molecule has 0 spiro atoms. The maximum atomic E-state index is 11.8. The fourth-order valence-electron chi connectivity index (χ4n) is 1.78. The summed E-state index contributed by atoms with van der Waals surface area (Å²) in [5.74, 6) is -0.204. The van der Waals surface area contributed by atoms with Crippen molar-refractivity contribution in [3.8, 4) is 0 Å². The molecule has 0 atom stereocenters. The van der Waals surface area contributed by atoms with Crippen LogP contribution in [0, 0.1) is 6.92 Å². The van der Waals surface area contributed by atoms with Crippen molar-refractivity contribution in [3.63, 3.8) is 0 Å². The molecular formula is C16H15BrO2. The molecule has 0 saturated heterocycles. The number of carbonyl (C=O) groups excluding carboxylic acids is 1. The average molecular weight is 319 g/mol. The predicted molar refractivity (Wildman–Crippen MR) is 78.8 cm³/mol. The molecular weight excluding hydrogens is 304 g/mol. The Morgan fingerprint density at radius 1 is 1.16 bits per heavy atom. The topological polar surface area (TPSA) is 26.3 Å². The average Bonchev–Trinajstić information content (AvgIpc) is 2.42. The number of halogens is 1. The minimum atomic E-state index is -0.204. The highest BCUT2D eigenvalue weighted by Gasteiger charge is 2.08. The Kier molecular flexibility index (Phi) is 4.74. The van der Waals surface area contributed by atoms with E-state index in [1.54, 1.807) is 0 Å². The maximum Gasteiger partial charge on any atom is 0.310 e. The summed E-state index contributed by atoms with van der Waals surface area (Å²) in [5, 5.41) is 0. The SMILES string of the molecule is Cc1ccc(Br)cc1CC(=O)OCc1ccccc1. The number of benzene rings is 2. The number of aryl methyl sites for hydroxylation is 1. The summed E-state index contributed by atoms with van der Waals surface area (Å²) in [6.07, 6.45) is 0.304. The largest absolute Gasteiger partial charge is 0.461 e. The molecule has 0 aliphatic carbocycles. The molecule has 2 rings (SSSR count). The van der Waals surface area contributed by atoms with Crippen molar-refractivity contribution in [3.05, 3.63) is 69.7 Å². The van der Waals surface area contributed by atoms with Crippen molar-refractivity contribution >= 4 is 21.9 Å². The van der Waals surface area contributed by atoms with E-state index in [1.165, 1.54) is 0 Å². The second kappa shape index (κ2) is 6.53. The van der Waals surface area contributed by atoms with Crippen molar-refractivity contribution in [2.75, 3.05) is 0 Å². The number of hydrogen-bond donors (Lipinski definition) is 0. The molecule has 0 bridgehead atoms. The van der Waals surface area contributed by atoms with Crippen molar-refractivity contribution in [1.29, 1.82) is 0 Å². The lowest BCUT2D eigenvalue weighted by atomic mass is 10.1. The van der Waals surface area contributed by atoms with Crippen molar-refractivity contribution in [2.45, 2.75) is 20.0 Å². The molecule has 0 radical (unpaired) electrons. The number of carbonyl (C=O) groups is 1. The molecule has 0 saturated carbocycles. The van der Waals surface area contributed by atoms with Gasteiger partial charge >= 0.3 is 5.97 Å². The summed E-state index contributed by atoms with van der Waals surface area (Å²) < 4.78 is 6.25. The fourth-order valence-corrected chi connectivity index (χ4v) is 2.18. The van der Waals surface area contributed by atoms with E-state index >= 15 is 0 Å². The van der Waals surface area contributed by atoms with Crippen molar-refractivity contribution in [2.24, 2.45) is 0 Å². The van der Waals surface area contributed by atoms with E-state index in [4.69, 9.17) is 4.74 Å². The first kappa shape index (κ1) is 13.8. The van der Waals surface area contributed by atoms with Gasteiger partial charge in [-0.25, -0.2) is 0 Å². The van der Waals surface area contributed by atoms with Crippen LogP contribution in [0.25, 0.3) is 0 Å². The number of hydrogen-bond acceptors (Lipinski definition) is 2. The number of rotatable bonds is 4. The van der Waals surface area contributed by atoms with Crippen molar-refractivity contribution in [1.82, 2.24) is 0 Å². The van der Waals surface area contributed by atoms with Crippen LogP contribution in [0.4, 0.5) is 0 Å². The van der Waals surface area contributed by atoms with Gasteiger partial charge in [-0.05, 0) is 35.7 Å². The molecule has 2 nitrogen and oxygen atoms in total. The van der Waals surface area contributed by atoms with E-state index in [-0.39, 0.29) is 5.97 Å². The minimum absolute atomic E-state index is 0.204. The standard InChI is InChI=1S/C16H15BrO2/c1-12-7-8-15(17)9-14(12)10-16(18)19-11-13-5-3-2-4-6-13/h2-9H,10-11H2,1H3. The molecule has 0 aliphatic rings. The third-order valence-corrected chi connectivity index (χ3v) is 3.38. The summed E-state index contributed by atoms with van der Waals surface area (Å²) >= 11 is 3.41. The Morgan fingerprint density at radius 2 is 1.89 bits per heavy atom. The quantitative estimate of drug-likeness (QED) is 0.795. The molecule has 0 N–H and O–H groups in total. The van der Waals surface area contributed by atoms with Crippen LogP contribution < -0.4 is 0 Å². The van der Waals surface area contributed by atoms with E-state index in [0.29, 0.717) is 13.0 Å². The Balaban J connectivity index is 1.93. The lowest BCUT2D eigenvalue weighted by Crippen LogP contribution is -2.09. The van der Waals surface area contributed by atoms with Gasteiger partial charge in [0.25, 0.3) is 0 Å². The summed E-state index contributed by atoms with van der Waals surface area (Å²) in [6.45, 7) is 2.32. The Hall–Kier alpha value is -1.61. The van der Waals surface area contributed by atoms with Crippen LogP contribution in [0.15, 0.2) is 53.0 Å². The van der Waals surface area contributed by atoms with Crippen LogP contribution >= 0.6 is 15.9 Å². The van der Waals surface area contributed by atoms with Crippen molar-refractivity contribution < 1.29 is 9.53 Å². The number of esters is 1. The van der Waals surface area contributed by atoms with Crippen LogP contribution in [-0.4, -0.2) is 5.97 Å². The third-order valence-electron chi connectivity index (χ3n) is 2.89. The van der Waals surface area contributed by atoms with E-state index in [2.05, 4.69) is 15.9 Å². The molecule has 98 valence electrons. The highest BCUT2D eigenvalue weighted by Crippen LogP contribution is 2.17. The maximum absolute atomic E-state index is 11.8. The normalized spacial score (nSPS) is 10.2. The number of ether oxygens (including phenoxy) is 1. The van der Waals surface area contributed by atoms with Gasteiger partial charge in [-0.1, -0.05) is 52.3 Å². The van der Waals surface area contributed by atoms with Crippen LogP contribution in [0.5, 0.6) is 0 Å². The van der Waals surface area contributed by atoms with Gasteiger partial charge in [0.15, 0.2) is 0 Å². The zero-order valence-corrected chi connectivity index (χ0v) is 12.3. The predicted octanol–water partition coefficient (Wildman–Crippen LogP) is 4.04. The Bertz CT molecular complexity index is 564. The van der Waals surface area contributed by atoms with Gasteiger partial charge in [0.2, 0.25) is 0 Å². The minimum Gasteiger partial charge on any atom is -0.461 e. The first-order chi connectivity index (χ1) is 9.15. The smallest absolute Gasteiger partial charge is 0.310 e. The van der Waals surface area contributed by atoms with E-state index in [1.807, 2.05) is 55.5 Å². The monoisotopic (exact) mass is 318 g/mol. The first-order valence-corrected chi connectivity index (χ1v) is 6.89. The molecule has 0 heterocycles. The molecule has 3 heteroatoms. The van der Waals surface area contributed by atoms with Gasteiger partial charge in [-0.2, -0.15) is 0 Å². The van der Waals surface area contributed by atoms with Gasteiger partial charge < -0.3 is 4.74 Å². The molecule has 0 unspecified atom stereocenters. The lowest BCUT2D eigenvalue weighted by Gasteiger charge is -2.07. The second-order valence-corrected chi connectivity index (χ2v) is 5.31. The summed E-state index contributed by atoms with van der Waals surface area (Å²) in [7, 11) is 0. The van der Waals surface area contributed by atoms with Gasteiger partial charge in [-0.15, -0.1) is 0 Å². The summed E-state index contributed by atoms with van der Waals surface area (Å²) in [4.78, 5) is 11.8. The van der Waals surface area contributed by atoms with Gasteiger partial charge in [0.1, 0.15) is 6.61 Å².